The van der Waals surface area contributed by atoms with Crippen LogP contribution in [0.2, 0.25) is 0 Å². The standard InChI is InChI=1S/C14H20FN/c1-10-3-4-14(15)13(11(10)2)9-12-5-7-16-8-6-12/h3-4,12,16H,5-9H2,1-2H3. The molecule has 16 heavy (non-hydrogen) atoms. The van der Waals surface area contributed by atoms with Crippen molar-refractivity contribution in [3.63, 3.8) is 0 Å². The summed E-state index contributed by atoms with van der Waals surface area (Å²) < 4.78 is 13.8. The minimum absolute atomic E-state index is 0.0263. The Labute approximate surface area is 97.1 Å². The Bertz CT molecular complexity index is 367. The average Bonchev–Trinajstić information content (AvgIpc) is 2.31. The summed E-state index contributed by atoms with van der Waals surface area (Å²) in [5.74, 6) is 0.623. The lowest BCUT2D eigenvalue weighted by Gasteiger charge is -2.23. The number of rotatable bonds is 2. The summed E-state index contributed by atoms with van der Waals surface area (Å²) in [4.78, 5) is 0. The monoisotopic (exact) mass is 221 g/mol. The highest BCUT2D eigenvalue weighted by molar-refractivity contribution is 5.34. The lowest BCUT2D eigenvalue weighted by molar-refractivity contribution is 0.368. The van der Waals surface area contributed by atoms with E-state index in [1.54, 1.807) is 6.07 Å². The van der Waals surface area contributed by atoms with Crippen LogP contribution in [0.25, 0.3) is 0 Å². The fourth-order valence-corrected chi connectivity index (χ4v) is 2.47. The van der Waals surface area contributed by atoms with Gasteiger partial charge in [0.2, 0.25) is 0 Å². The summed E-state index contributed by atoms with van der Waals surface area (Å²) in [6.45, 7) is 6.25. The molecule has 1 aliphatic heterocycles. The second kappa shape index (κ2) is 4.96. The van der Waals surface area contributed by atoms with Crippen LogP contribution in [0.1, 0.15) is 29.5 Å². The van der Waals surface area contributed by atoms with Gasteiger partial charge in [0.1, 0.15) is 5.82 Å². The van der Waals surface area contributed by atoms with Crippen LogP contribution in [0.3, 0.4) is 0 Å². The molecule has 0 atom stereocenters. The van der Waals surface area contributed by atoms with Crippen molar-refractivity contribution >= 4 is 0 Å². The van der Waals surface area contributed by atoms with Gasteiger partial charge in [-0.15, -0.1) is 0 Å². The summed E-state index contributed by atoms with van der Waals surface area (Å²) >= 11 is 0. The van der Waals surface area contributed by atoms with Crippen LogP contribution < -0.4 is 5.32 Å². The van der Waals surface area contributed by atoms with Gasteiger partial charge in [-0.25, -0.2) is 4.39 Å². The van der Waals surface area contributed by atoms with Crippen LogP contribution in [0.4, 0.5) is 4.39 Å². The van der Waals surface area contributed by atoms with Crippen molar-refractivity contribution in [2.24, 2.45) is 5.92 Å². The molecule has 1 aromatic rings. The van der Waals surface area contributed by atoms with Crippen LogP contribution in [0.15, 0.2) is 12.1 Å². The van der Waals surface area contributed by atoms with Crippen LogP contribution in [0, 0.1) is 25.6 Å². The highest BCUT2D eigenvalue weighted by Crippen LogP contribution is 2.24. The average molecular weight is 221 g/mol. The van der Waals surface area contributed by atoms with Crippen molar-refractivity contribution < 1.29 is 4.39 Å². The number of hydrogen-bond donors (Lipinski definition) is 1. The molecule has 2 rings (SSSR count). The topological polar surface area (TPSA) is 12.0 Å². The fourth-order valence-electron chi connectivity index (χ4n) is 2.47. The number of aryl methyl sites for hydroxylation is 1. The maximum Gasteiger partial charge on any atom is 0.126 e. The van der Waals surface area contributed by atoms with Crippen molar-refractivity contribution in [2.75, 3.05) is 13.1 Å². The normalized spacial score (nSPS) is 17.7. The van der Waals surface area contributed by atoms with Gasteiger partial charge >= 0.3 is 0 Å². The third-order valence-corrected chi connectivity index (χ3v) is 3.76. The van der Waals surface area contributed by atoms with Gasteiger partial charge in [-0.1, -0.05) is 6.07 Å². The zero-order valence-electron chi connectivity index (χ0n) is 10.1. The highest BCUT2D eigenvalue weighted by atomic mass is 19.1. The van der Waals surface area contributed by atoms with Crippen molar-refractivity contribution in [1.29, 1.82) is 0 Å². The molecule has 2 heteroatoms. The third kappa shape index (κ3) is 2.43. The molecular formula is C14H20FN. The summed E-state index contributed by atoms with van der Waals surface area (Å²) in [7, 11) is 0. The Balaban J connectivity index is 2.16. The van der Waals surface area contributed by atoms with Gasteiger partial charge in [-0.05, 0) is 74.9 Å². The minimum atomic E-state index is -0.0263. The maximum atomic E-state index is 13.8. The van der Waals surface area contributed by atoms with E-state index in [9.17, 15) is 4.39 Å². The quantitative estimate of drug-likeness (QED) is 0.809. The van der Waals surface area contributed by atoms with Crippen LogP contribution in [0.5, 0.6) is 0 Å². The molecule has 1 aliphatic rings. The van der Waals surface area contributed by atoms with E-state index in [-0.39, 0.29) is 5.82 Å². The first-order chi connectivity index (χ1) is 7.68. The van der Waals surface area contributed by atoms with Gasteiger partial charge in [0.05, 0.1) is 0 Å². The molecule has 1 heterocycles. The molecule has 0 aliphatic carbocycles. The van der Waals surface area contributed by atoms with Gasteiger partial charge in [-0.3, -0.25) is 0 Å². The molecule has 1 N–H and O–H groups in total. The number of halogens is 1. The van der Waals surface area contributed by atoms with Crippen molar-refractivity contribution in [3.8, 4) is 0 Å². The predicted octanol–water partition coefficient (Wildman–Crippen LogP) is 2.98. The summed E-state index contributed by atoms with van der Waals surface area (Å²) in [5, 5.41) is 3.35. The summed E-state index contributed by atoms with van der Waals surface area (Å²) in [5.41, 5.74) is 3.27. The Kier molecular flexibility index (Phi) is 3.59. The van der Waals surface area contributed by atoms with Crippen molar-refractivity contribution in [3.05, 3.63) is 34.6 Å². The maximum absolute atomic E-state index is 13.8. The smallest absolute Gasteiger partial charge is 0.126 e. The molecule has 1 fully saturated rings. The molecule has 0 bridgehead atoms. The van der Waals surface area contributed by atoms with Crippen molar-refractivity contribution in [2.45, 2.75) is 33.1 Å². The number of piperidine rings is 1. The molecule has 88 valence electrons. The predicted molar refractivity (Wildman–Crippen MR) is 65.2 cm³/mol. The lowest BCUT2D eigenvalue weighted by atomic mass is 9.88. The van der Waals surface area contributed by atoms with Gasteiger partial charge in [-0.2, -0.15) is 0 Å². The molecular weight excluding hydrogens is 201 g/mol. The molecule has 1 saturated heterocycles. The van der Waals surface area contributed by atoms with E-state index >= 15 is 0 Å². The molecule has 0 radical (unpaired) electrons. The zero-order valence-corrected chi connectivity index (χ0v) is 10.1. The number of nitrogens with one attached hydrogen (secondary N) is 1. The minimum Gasteiger partial charge on any atom is -0.317 e. The Morgan fingerprint density at radius 2 is 1.94 bits per heavy atom. The Morgan fingerprint density at radius 3 is 2.62 bits per heavy atom. The molecule has 1 aromatic carbocycles. The highest BCUT2D eigenvalue weighted by Gasteiger charge is 2.17. The lowest BCUT2D eigenvalue weighted by Crippen LogP contribution is -2.29. The molecule has 0 unspecified atom stereocenters. The molecule has 1 nitrogen and oxygen atoms in total. The number of hydrogen-bond acceptors (Lipinski definition) is 1. The van der Waals surface area contributed by atoms with E-state index in [0.29, 0.717) is 5.92 Å². The van der Waals surface area contributed by atoms with Crippen LogP contribution in [-0.2, 0) is 6.42 Å². The molecule has 0 amide bonds. The Hall–Kier alpha value is -0.890. The molecule has 0 spiro atoms. The van der Waals surface area contributed by atoms with E-state index < -0.39 is 0 Å². The van der Waals surface area contributed by atoms with Gasteiger partial charge in [0.25, 0.3) is 0 Å². The van der Waals surface area contributed by atoms with E-state index in [0.717, 1.165) is 30.6 Å². The second-order valence-corrected chi connectivity index (χ2v) is 4.87. The fraction of sp³-hybridized carbons (Fsp3) is 0.571. The summed E-state index contributed by atoms with van der Waals surface area (Å²) in [6, 6.07) is 3.48. The van der Waals surface area contributed by atoms with E-state index in [4.69, 9.17) is 0 Å². The third-order valence-electron chi connectivity index (χ3n) is 3.76. The first kappa shape index (κ1) is 11.6. The Morgan fingerprint density at radius 1 is 1.25 bits per heavy atom. The zero-order chi connectivity index (χ0) is 11.5. The number of benzene rings is 1. The van der Waals surface area contributed by atoms with Gasteiger partial charge < -0.3 is 5.32 Å². The van der Waals surface area contributed by atoms with Crippen LogP contribution >= 0.6 is 0 Å². The first-order valence-corrected chi connectivity index (χ1v) is 6.14. The van der Waals surface area contributed by atoms with Crippen LogP contribution in [-0.4, -0.2) is 13.1 Å². The van der Waals surface area contributed by atoms with E-state index in [1.165, 1.54) is 18.4 Å². The SMILES string of the molecule is Cc1ccc(F)c(CC2CCNCC2)c1C. The van der Waals surface area contributed by atoms with Gasteiger partial charge in [0.15, 0.2) is 0 Å². The van der Waals surface area contributed by atoms with Crippen molar-refractivity contribution in [1.82, 2.24) is 5.32 Å². The first-order valence-electron chi connectivity index (χ1n) is 6.14. The largest absolute Gasteiger partial charge is 0.317 e. The second-order valence-electron chi connectivity index (χ2n) is 4.87. The van der Waals surface area contributed by atoms with E-state index in [2.05, 4.69) is 12.2 Å². The summed E-state index contributed by atoms with van der Waals surface area (Å²) in [6.07, 6.45) is 3.25. The molecule has 0 aromatic heterocycles. The van der Waals surface area contributed by atoms with E-state index in [1.807, 2.05) is 13.0 Å². The molecule has 0 saturated carbocycles. The van der Waals surface area contributed by atoms with Gasteiger partial charge in [0, 0.05) is 0 Å².